The summed E-state index contributed by atoms with van der Waals surface area (Å²) in [6.07, 6.45) is 44.6. The van der Waals surface area contributed by atoms with Gasteiger partial charge in [0, 0.05) is 12.8 Å². The maximum absolute atomic E-state index is 10.3. The Kier molecular flexibility index (Phi) is 36.9. The zero-order valence-electron chi connectivity index (χ0n) is 26.3. The highest BCUT2D eigenvalue weighted by molar-refractivity contribution is 5.66. The highest BCUT2D eigenvalue weighted by Gasteiger charge is 1.96. The van der Waals surface area contributed by atoms with Crippen molar-refractivity contribution < 1.29 is 19.8 Å². The van der Waals surface area contributed by atoms with Crippen molar-refractivity contribution in [1.82, 2.24) is 0 Å². The van der Waals surface area contributed by atoms with Gasteiger partial charge in [-0.1, -0.05) is 133 Å². The molecule has 0 unspecified atom stereocenters. The van der Waals surface area contributed by atoms with Crippen molar-refractivity contribution >= 4 is 11.9 Å². The van der Waals surface area contributed by atoms with Crippen LogP contribution in [-0.2, 0) is 9.59 Å². The number of unbranched alkanes of at least 4 members (excludes halogenated alkanes) is 16. The second-order valence-corrected chi connectivity index (χ2v) is 10.7. The van der Waals surface area contributed by atoms with E-state index in [9.17, 15) is 9.59 Å². The third kappa shape index (κ3) is 43.0. The molecule has 0 radical (unpaired) electrons. The Hall–Kier alpha value is -2.10. The zero-order valence-corrected chi connectivity index (χ0v) is 26.3. The van der Waals surface area contributed by atoms with Crippen LogP contribution >= 0.6 is 0 Å². The van der Waals surface area contributed by atoms with Gasteiger partial charge in [0.25, 0.3) is 0 Å². The average molecular weight is 561 g/mol. The molecule has 40 heavy (non-hydrogen) atoms. The highest BCUT2D eigenvalue weighted by atomic mass is 16.4. The van der Waals surface area contributed by atoms with Gasteiger partial charge in [0.1, 0.15) is 0 Å². The van der Waals surface area contributed by atoms with E-state index in [4.69, 9.17) is 10.2 Å². The molecule has 232 valence electrons. The molecule has 0 saturated carbocycles. The van der Waals surface area contributed by atoms with E-state index in [0.29, 0.717) is 12.8 Å². The van der Waals surface area contributed by atoms with Gasteiger partial charge in [0.15, 0.2) is 0 Å². The van der Waals surface area contributed by atoms with Gasteiger partial charge in [0.2, 0.25) is 0 Å². The van der Waals surface area contributed by atoms with Crippen molar-refractivity contribution in [3.05, 3.63) is 48.6 Å². The Balaban J connectivity index is 0. The minimum Gasteiger partial charge on any atom is -0.481 e. The van der Waals surface area contributed by atoms with Crippen LogP contribution in [0.5, 0.6) is 0 Å². The molecule has 0 aliphatic rings. The number of rotatable bonds is 28. The Morgan fingerprint density at radius 1 is 0.425 bits per heavy atom. The fourth-order valence-electron chi connectivity index (χ4n) is 4.24. The summed E-state index contributed by atoms with van der Waals surface area (Å²) in [5.74, 6) is -1.34. The molecule has 0 aromatic rings. The Morgan fingerprint density at radius 3 is 1.15 bits per heavy atom. The summed E-state index contributed by atoms with van der Waals surface area (Å²) in [6, 6.07) is 0. The summed E-state index contributed by atoms with van der Waals surface area (Å²) in [5, 5.41) is 17.0. The quantitative estimate of drug-likeness (QED) is 0.0737. The molecule has 4 heteroatoms. The smallest absolute Gasteiger partial charge is 0.303 e. The lowest BCUT2D eigenvalue weighted by Gasteiger charge is -1.99. The summed E-state index contributed by atoms with van der Waals surface area (Å²) in [6.45, 7) is 4.41. The number of allylic oxidation sites excluding steroid dienone is 8. The number of hydrogen-bond acceptors (Lipinski definition) is 2. The molecule has 0 aromatic carbocycles. The first-order valence-electron chi connectivity index (χ1n) is 16.6. The molecule has 2 N–H and O–H groups in total. The molecule has 0 aliphatic heterocycles. The monoisotopic (exact) mass is 560 g/mol. The molecule has 0 aliphatic carbocycles. The van der Waals surface area contributed by atoms with Crippen molar-refractivity contribution in [3.63, 3.8) is 0 Å². The average Bonchev–Trinajstić information content (AvgIpc) is 2.93. The van der Waals surface area contributed by atoms with Gasteiger partial charge in [-0.05, 0) is 70.6 Å². The SMILES string of the molecule is CCC=CCC=CCC=CCCCCCCCC(=O)O.CCCCCCCC/C=C\CCCCCCCC(=O)O. The number of hydrogen-bond donors (Lipinski definition) is 2. The topological polar surface area (TPSA) is 74.6 Å². The second-order valence-electron chi connectivity index (χ2n) is 10.7. The van der Waals surface area contributed by atoms with Crippen LogP contribution in [0.25, 0.3) is 0 Å². The Morgan fingerprint density at radius 2 is 0.750 bits per heavy atom. The van der Waals surface area contributed by atoms with Gasteiger partial charge in [0.05, 0.1) is 0 Å². The summed E-state index contributed by atoms with van der Waals surface area (Å²) >= 11 is 0. The van der Waals surface area contributed by atoms with Crippen LogP contribution in [0.15, 0.2) is 48.6 Å². The number of carboxylic acid groups (broad SMARTS) is 2. The third-order valence-electron chi connectivity index (χ3n) is 6.69. The Bertz CT molecular complexity index is 645. The van der Waals surface area contributed by atoms with E-state index >= 15 is 0 Å². The van der Waals surface area contributed by atoms with Gasteiger partial charge >= 0.3 is 11.9 Å². The molecule has 0 fully saturated rings. The first kappa shape index (κ1) is 40.0. The molecule has 0 atom stereocenters. The summed E-state index contributed by atoms with van der Waals surface area (Å²) in [5.41, 5.74) is 0. The van der Waals surface area contributed by atoms with Crippen LogP contribution in [0, 0.1) is 0 Å². The first-order valence-corrected chi connectivity index (χ1v) is 16.6. The normalized spacial score (nSPS) is 11.7. The van der Waals surface area contributed by atoms with Gasteiger partial charge < -0.3 is 10.2 Å². The predicted octanol–water partition coefficient (Wildman–Crippen LogP) is 11.8. The van der Waals surface area contributed by atoms with E-state index in [2.05, 4.69) is 62.5 Å². The fourth-order valence-corrected chi connectivity index (χ4v) is 4.24. The molecular formula is C36H64O4. The van der Waals surface area contributed by atoms with Crippen LogP contribution in [0.2, 0.25) is 0 Å². The van der Waals surface area contributed by atoms with Crippen LogP contribution < -0.4 is 0 Å². The van der Waals surface area contributed by atoms with E-state index in [1.807, 2.05) is 0 Å². The van der Waals surface area contributed by atoms with E-state index in [1.165, 1.54) is 83.5 Å². The van der Waals surface area contributed by atoms with Crippen LogP contribution in [0.4, 0.5) is 0 Å². The molecule has 0 aromatic heterocycles. The molecule has 0 rings (SSSR count). The summed E-state index contributed by atoms with van der Waals surface area (Å²) < 4.78 is 0. The lowest BCUT2D eigenvalue weighted by atomic mass is 10.1. The third-order valence-corrected chi connectivity index (χ3v) is 6.69. The van der Waals surface area contributed by atoms with E-state index in [1.54, 1.807) is 0 Å². The van der Waals surface area contributed by atoms with Crippen molar-refractivity contribution in [3.8, 4) is 0 Å². The van der Waals surface area contributed by atoms with Crippen molar-refractivity contribution in [2.45, 2.75) is 168 Å². The standard InChI is InChI=1S/C18H34O2.C18H30O2/c2*1-2-3-4-5-6-7-8-9-10-11-12-13-14-15-16-17-18(19)20/h9-10H,2-8,11-17H2,1H3,(H,19,20);3-4,6-7,9-10H,2,5,8,11-17H2,1H3,(H,19,20)/b10-9-;. The predicted molar refractivity (Wildman–Crippen MR) is 174 cm³/mol. The minimum absolute atomic E-state index is 0.319. The van der Waals surface area contributed by atoms with Gasteiger partial charge in [-0.15, -0.1) is 0 Å². The zero-order chi connectivity index (χ0) is 29.8. The number of aliphatic carboxylic acids is 2. The van der Waals surface area contributed by atoms with Gasteiger partial charge in [-0.25, -0.2) is 0 Å². The maximum atomic E-state index is 10.3. The van der Waals surface area contributed by atoms with Crippen molar-refractivity contribution in [2.24, 2.45) is 0 Å². The molecule has 0 spiro atoms. The fraction of sp³-hybridized carbons (Fsp3) is 0.722. The van der Waals surface area contributed by atoms with Gasteiger partial charge in [-0.3, -0.25) is 9.59 Å². The number of carboxylic acids is 2. The van der Waals surface area contributed by atoms with Crippen LogP contribution in [0.3, 0.4) is 0 Å². The highest BCUT2D eigenvalue weighted by Crippen LogP contribution is 2.10. The second kappa shape index (κ2) is 36.9. The molecular weight excluding hydrogens is 496 g/mol. The van der Waals surface area contributed by atoms with E-state index < -0.39 is 11.9 Å². The summed E-state index contributed by atoms with van der Waals surface area (Å²) in [7, 11) is 0. The van der Waals surface area contributed by atoms with Crippen LogP contribution in [0.1, 0.15) is 168 Å². The summed E-state index contributed by atoms with van der Waals surface area (Å²) in [4.78, 5) is 20.6. The van der Waals surface area contributed by atoms with Gasteiger partial charge in [-0.2, -0.15) is 0 Å². The lowest BCUT2D eigenvalue weighted by Crippen LogP contribution is -1.93. The number of carbonyl (C=O) groups is 2. The molecule has 4 nitrogen and oxygen atoms in total. The minimum atomic E-state index is -0.675. The van der Waals surface area contributed by atoms with E-state index in [-0.39, 0.29) is 0 Å². The largest absolute Gasteiger partial charge is 0.481 e. The maximum Gasteiger partial charge on any atom is 0.303 e. The van der Waals surface area contributed by atoms with Crippen LogP contribution in [-0.4, -0.2) is 22.2 Å². The lowest BCUT2D eigenvalue weighted by molar-refractivity contribution is -0.138. The molecule has 0 bridgehead atoms. The van der Waals surface area contributed by atoms with Crippen molar-refractivity contribution in [1.29, 1.82) is 0 Å². The van der Waals surface area contributed by atoms with Crippen molar-refractivity contribution in [2.75, 3.05) is 0 Å². The molecule has 0 amide bonds. The molecule has 0 heterocycles. The Labute approximate surface area is 248 Å². The molecule has 0 saturated heterocycles. The van der Waals surface area contributed by atoms with E-state index in [0.717, 1.165) is 57.8 Å². The first-order chi connectivity index (χ1) is 19.5.